The lowest BCUT2D eigenvalue weighted by Crippen LogP contribution is -2.09. The number of fused-ring (bicyclic) bond motifs is 1. The van der Waals surface area contributed by atoms with Gasteiger partial charge < -0.3 is 4.74 Å². The van der Waals surface area contributed by atoms with Crippen molar-refractivity contribution in [3.63, 3.8) is 0 Å². The van der Waals surface area contributed by atoms with Gasteiger partial charge in [0.15, 0.2) is 5.76 Å². The maximum Gasteiger partial charge on any atom is 0.343 e. The van der Waals surface area contributed by atoms with Gasteiger partial charge in [-0.15, -0.1) is 5.10 Å². The van der Waals surface area contributed by atoms with E-state index in [0.717, 1.165) is 27.7 Å². The van der Waals surface area contributed by atoms with E-state index in [2.05, 4.69) is 10.3 Å². The molecule has 0 saturated heterocycles. The smallest absolute Gasteiger partial charge is 0.343 e. The van der Waals surface area contributed by atoms with Crippen LogP contribution in [0.15, 0.2) is 72.8 Å². The van der Waals surface area contributed by atoms with Gasteiger partial charge in [0.2, 0.25) is 0 Å². The Morgan fingerprint density at radius 1 is 0.828 bits per heavy atom. The molecule has 0 aliphatic carbocycles. The molecule has 0 spiro atoms. The highest BCUT2D eigenvalue weighted by molar-refractivity contribution is 5.96. The number of aryl methyl sites for hydroxylation is 2. The first-order valence-electron chi connectivity index (χ1n) is 9.40. The van der Waals surface area contributed by atoms with Crippen LogP contribution in [0.2, 0.25) is 0 Å². The molecule has 29 heavy (non-hydrogen) atoms. The maximum absolute atomic E-state index is 12.8. The van der Waals surface area contributed by atoms with Crippen LogP contribution in [0.3, 0.4) is 0 Å². The van der Waals surface area contributed by atoms with Crippen molar-refractivity contribution in [2.45, 2.75) is 20.8 Å². The molecular formula is C24H21N3O2. The zero-order chi connectivity index (χ0) is 20.4. The Labute approximate surface area is 169 Å². The average molecular weight is 383 g/mol. The number of para-hydroxylation sites is 1. The summed E-state index contributed by atoms with van der Waals surface area (Å²) in [4.78, 5) is 12.8. The van der Waals surface area contributed by atoms with Crippen molar-refractivity contribution in [1.82, 2.24) is 15.0 Å². The Bertz CT molecular complexity index is 1200. The third-order valence-corrected chi connectivity index (χ3v) is 4.79. The summed E-state index contributed by atoms with van der Waals surface area (Å²) >= 11 is 0. The summed E-state index contributed by atoms with van der Waals surface area (Å²) in [6, 6.07) is 22.9. The molecule has 0 bridgehead atoms. The number of benzene rings is 3. The van der Waals surface area contributed by atoms with Crippen molar-refractivity contribution in [1.29, 1.82) is 0 Å². The van der Waals surface area contributed by atoms with Crippen molar-refractivity contribution >= 4 is 28.5 Å². The molecule has 0 unspecified atom stereocenters. The highest BCUT2D eigenvalue weighted by Gasteiger charge is 2.18. The third kappa shape index (κ3) is 3.80. The number of carbonyl (C=O) groups excluding carboxylic acids is 1. The van der Waals surface area contributed by atoms with Crippen LogP contribution in [0.25, 0.3) is 22.5 Å². The summed E-state index contributed by atoms with van der Waals surface area (Å²) < 4.78 is 7.59. The van der Waals surface area contributed by atoms with Crippen LogP contribution in [0, 0.1) is 13.8 Å². The normalized spacial score (nSPS) is 12.0. The lowest BCUT2D eigenvalue weighted by molar-refractivity contribution is 0.0692. The third-order valence-electron chi connectivity index (χ3n) is 4.79. The van der Waals surface area contributed by atoms with Gasteiger partial charge in [0.25, 0.3) is 0 Å². The Morgan fingerprint density at radius 3 is 2.07 bits per heavy atom. The predicted octanol–water partition coefficient (Wildman–Crippen LogP) is 5.25. The van der Waals surface area contributed by atoms with Gasteiger partial charge in [-0.25, -0.2) is 9.48 Å². The quantitative estimate of drug-likeness (QED) is 0.357. The van der Waals surface area contributed by atoms with E-state index in [9.17, 15) is 4.79 Å². The van der Waals surface area contributed by atoms with E-state index in [1.54, 1.807) is 16.8 Å². The number of hydrogen-bond donors (Lipinski definition) is 0. The van der Waals surface area contributed by atoms with Crippen LogP contribution < -0.4 is 0 Å². The van der Waals surface area contributed by atoms with Gasteiger partial charge >= 0.3 is 5.97 Å². The van der Waals surface area contributed by atoms with E-state index < -0.39 is 5.97 Å². The van der Waals surface area contributed by atoms with Crippen molar-refractivity contribution in [2.75, 3.05) is 0 Å². The van der Waals surface area contributed by atoms with Crippen LogP contribution in [0.4, 0.5) is 0 Å². The summed E-state index contributed by atoms with van der Waals surface area (Å²) in [6.07, 6.45) is 0. The molecule has 4 rings (SSSR count). The number of ether oxygens (including phenoxy) is 1. The van der Waals surface area contributed by atoms with E-state index in [1.165, 1.54) is 0 Å². The first kappa shape index (κ1) is 18.6. The molecule has 0 amide bonds. The minimum Gasteiger partial charge on any atom is -0.420 e. The van der Waals surface area contributed by atoms with E-state index >= 15 is 0 Å². The first-order chi connectivity index (χ1) is 14.0. The fourth-order valence-electron chi connectivity index (χ4n) is 3.10. The summed E-state index contributed by atoms with van der Waals surface area (Å²) in [7, 11) is 0. The lowest BCUT2D eigenvalue weighted by atomic mass is 10.1. The molecule has 0 saturated carbocycles. The molecule has 144 valence electrons. The SMILES string of the molecule is CC(=C(OC(=O)c1ccc(C)cc1)c1ccc(C)cc1)n1nnc2ccccc21. The number of carbonyl (C=O) groups is 1. The Hall–Kier alpha value is -3.73. The fourth-order valence-corrected chi connectivity index (χ4v) is 3.10. The van der Waals surface area contributed by atoms with Crippen LogP contribution in [0.5, 0.6) is 0 Å². The summed E-state index contributed by atoms with van der Waals surface area (Å²) in [5.41, 5.74) is 5.82. The van der Waals surface area contributed by atoms with E-state index in [4.69, 9.17) is 4.74 Å². The number of esters is 1. The molecule has 4 aromatic rings. The minimum absolute atomic E-state index is 0.413. The molecule has 0 N–H and O–H groups in total. The second-order valence-electron chi connectivity index (χ2n) is 7.03. The van der Waals surface area contributed by atoms with Crippen LogP contribution in [-0.4, -0.2) is 21.0 Å². The molecule has 5 heteroatoms. The largest absolute Gasteiger partial charge is 0.420 e. The Morgan fingerprint density at radius 2 is 1.41 bits per heavy atom. The van der Waals surface area contributed by atoms with Gasteiger partial charge in [-0.2, -0.15) is 0 Å². The van der Waals surface area contributed by atoms with Gasteiger partial charge in [-0.05, 0) is 45.0 Å². The highest BCUT2D eigenvalue weighted by atomic mass is 16.5. The molecule has 0 aliphatic rings. The van der Waals surface area contributed by atoms with Gasteiger partial charge in [0, 0.05) is 5.56 Å². The lowest BCUT2D eigenvalue weighted by Gasteiger charge is -2.14. The van der Waals surface area contributed by atoms with E-state index in [0.29, 0.717) is 17.0 Å². The van der Waals surface area contributed by atoms with Crippen molar-refractivity contribution in [3.05, 3.63) is 95.1 Å². The Kier molecular flexibility index (Phi) is 4.96. The summed E-state index contributed by atoms with van der Waals surface area (Å²) in [6.45, 7) is 5.87. The summed E-state index contributed by atoms with van der Waals surface area (Å²) in [5, 5.41) is 8.48. The molecule has 0 atom stereocenters. The van der Waals surface area contributed by atoms with Gasteiger partial charge in [-0.1, -0.05) is 64.9 Å². The zero-order valence-corrected chi connectivity index (χ0v) is 16.6. The van der Waals surface area contributed by atoms with E-state index in [1.807, 2.05) is 81.4 Å². The Balaban J connectivity index is 1.81. The number of allylic oxidation sites excluding steroid dienone is 1. The number of aromatic nitrogens is 3. The average Bonchev–Trinajstić information content (AvgIpc) is 3.17. The van der Waals surface area contributed by atoms with Crippen molar-refractivity contribution < 1.29 is 9.53 Å². The molecule has 5 nitrogen and oxygen atoms in total. The second kappa shape index (κ2) is 7.72. The number of nitrogens with zero attached hydrogens (tertiary/aromatic N) is 3. The monoisotopic (exact) mass is 383 g/mol. The van der Waals surface area contributed by atoms with Crippen molar-refractivity contribution in [2.24, 2.45) is 0 Å². The maximum atomic E-state index is 12.8. The van der Waals surface area contributed by atoms with Crippen LogP contribution in [-0.2, 0) is 4.74 Å². The van der Waals surface area contributed by atoms with Crippen LogP contribution in [0.1, 0.15) is 34.0 Å². The summed E-state index contributed by atoms with van der Waals surface area (Å²) in [5.74, 6) is 0.0376. The molecule has 0 aliphatic heterocycles. The van der Waals surface area contributed by atoms with Gasteiger partial charge in [0.1, 0.15) is 5.52 Å². The van der Waals surface area contributed by atoms with Crippen LogP contribution >= 0.6 is 0 Å². The fraction of sp³-hybridized carbons (Fsp3) is 0.125. The molecule has 3 aromatic carbocycles. The van der Waals surface area contributed by atoms with Crippen molar-refractivity contribution in [3.8, 4) is 0 Å². The minimum atomic E-state index is -0.413. The van der Waals surface area contributed by atoms with Gasteiger partial charge in [0.05, 0.1) is 16.8 Å². The van der Waals surface area contributed by atoms with E-state index in [-0.39, 0.29) is 0 Å². The molecule has 1 heterocycles. The topological polar surface area (TPSA) is 57.0 Å². The molecular weight excluding hydrogens is 362 g/mol. The number of hydrogen-bond acceptors (Lipinski definition) is 4. The number of rotatable bonds is 4. The standard InChI is InChI=1S/C24H21N3O2/c1-16-8-12-19(13-9-16)23(29-24(28)20-14-10-17(2)11-15-20)18(3)27-22-7-5-4-6-21(22)25-26-27/h4-15H,1-3H3. The zero-order valence-electron chi connectivity index (χ0n) is 16.6. The second-order valence-corrected chi connectivity index (χ2v) is 7.03. The molecule has 0 fully saturated rings. The van der Waals surface area contributed by atoms with Gasteiger partial charge in [-0.3, -0.25) is 0 Å². The molecule has 1 aromatic heterocycles. The molecule has 0 radical (unpaired) electrons. The predicted molar refractivity (Wildman–Crippen MR) is 114 cm³/mol. The highest BCUT2D eigenvalue weighted by Crippen LogP contribution is 2.27. The first-order valence-corrected chi connectivity index (χ1v) is 9.40.